The number of anilines is 1. The summed E-state index contributed by atoms with van der Waals surface area (Å²) in [5.74, 6) is -3.83. The summed E-state index contributed by atoms with van der Waals surface area (Å²) in [5, 5.41) is 35.8. The van der Waals surface area contributed by atoms with E-state index in [0.717, 1.165) is 5.56 Å². The summed E-state index contributed by atoms with van der Waals surface area (Å²) in [6.45, 7) is 8.47. The molecule has 4 aromatic rings. The number of nitrogens with two attached hydrogens (primary N) is 1. The van der Waals surface area contributed by atoms with E-state index in [1.54, 1.807) is 65.0 Å². The first-order chi connectivity index (χ1) is 36.2. The average molecular weight is 1050 g/mol. The van der Waals surface area contributed by atoms with E-state index in [2.05, 4.69) is 26.6 Å². The van der Waals surface area contributed by atoms with Crippen LogP contribution in [0.3, 0.4) is 0 Å². The Balaban J connectivity index is 0.897. The highest BCUT2D eigenvalue weighted by Gasteiger charge is 2.46. The number of primary amides is 1. The maximum absolute atomic E-state index is 15.4. The molecule has 0 saturated carbocycles. The maximum Gasteiger partial charge on any atom is 0.407 e. The van der Waals surface area contributed by atoms with Crippen molar-refractivity contribution in [2.24, 2.45) is 17.6 Å². The molecule has 1 fully saturated rings. The number of carbonyl (C=O) groups is 7. The Kier molecular flexibility index (Phi) is 16.4. The predicted octanol–water partition coefficient (Wildman–Crippen LogP) is 3.05. The maximum atomic E-state index is 15.4. The number of urea groups is 1. The summed E-state index contributed by atoms with van der Waals surface area (Å²) >= 11 is 0. The Bertz CT molecular complexity index is 3040. The number of hydrogen-bond acceptors (Lipinski definition) is 14. The molecule has 22 nitrogen and oxygen atoms in total. The predicted molar refractivity (Wildman–Crippen MR) is 271 cm³/mol. The molecule has 5 heterocycles. The Labute approximate surface area is 436 Å². The average Bonchev–Trinajstić information content (AvgIpc) is 3.93. The fourth-order valence-electron chi connectivity index (χ4n) is 10.4. The quantitative estimate of drug-likeness (QED) is 0.0411. The van der Waals surface area contributed by atoms with E-state index in [0.29, 0.717) is 69.5 Å². The molecule has 4 aliphatic rings. The fourth-order valence-corrected chi connectivity index (χ4v) is 10.4. The van der Waals surface area contributed by atoms with Crippen molar-refractivity contribution in [1.29, 1.82) is 0 Å². The van der Waals surface area contributed by atoms with Crippen LogP contribution in [0.1, 0.15) is 111 Å². The van der Waals surface area contributed by atoms with Gasteiger partial charge in [0.1, 0.15) is 37.3 Å². The van der Waals surface area contributed by atoms with Gasteiger partial charge in [0.05, 0.1) is 48.3 Å². The number of aliphatic hydroxyl groups excluding tert-OH is 1. The van der Waals surface area contributed by atoms with Crippen LogP contribution in [0, 0.1) is 24.6 Å². The van der Waals surface area contributed by atoms with Crippen LogP contribution in [0.4, 0.5) is 19.7 Å². The van der Waals surface area contributed by atoms with Gasteiger partial charge in [0.2, 0.25) is 23.6 Å². The van der Waals surface area contributed by atoms with Crippen molar-refractivity contribution in [3.05, 3.63) is 91.5 Å². The van der Waals surface area contributed by atoms with Crippen LogP contribution < -0.4 is 37.9 Å². The van der Waals surface area contributed by atoms with Crippen LogP contribution in [0.25, 0.3) is 22.3 Å². The van der Waals surface area contributed by atoms with Gasteiger partial charge < -0.3 is 66.2 Å². The molecule has 2 aromatic heterocycles. The van der Waals surface area contributed by atoms with Crippen molar-refractivity contribution in [3.63, 3.8) is 0 Å². The molecule has 3 aliphatic heterocycles. The van der Waals surface area contributed by atoms with Crippen molar-refractivity contribution < 1.29 is 62.4 Å². The van der Waals surface area contributed by atoms with Crippen LogP contribution in [-0.4, -0.2) is 111 Å². The number of halogens is 1. The number of nitrogens with zero attached hydrogens (tertiary/aromatic N) is 3. The van der Waals surface area contributed by atoms with Gasteiger partial charge in [-0.2, -0.15) is 0 Å². The first kappa shape index (κ1) is 54.8. The second-order valence-corrected chi connectivity index (χ2v) is 20.1. The Morgan fingerprint density at radius 1 is 1.03 bits per heavy atom. The van der Waals surface area contributed by atoms with Crippen molar-refractivity contribution >= 4 is 58.3 Å². The van der Waals surface area contributed by atoms with Gasteiger partial charge in [-0.05, 0) is 85.4 Å². The Morgan fingerprint density at radius 3 is 2.46 bits per heavy atom. The minimum Gasteiger partial charge on any atom is -0.458 e. The number of hydrogen-bond donors (Lipinski definition) is 8. The minimum atomic E-state index is -2.05. The lowest BCUT2D eigenvalue weighted by atomic mass is 9.81. The molecule has 0 bridgehead atoms. The Morgan fingerprint density at radius 2 is 1.78 bits per heavy atom. The molecule has 1 saturated heterocycles. The van der Waals surface area contributed by atoms with Gasteiger partial charge in [-0.1, -0.05) is 39.8 Å². The summed E-state index contributed by atoms with van der Waals surface area (Å²) in [6.07, 6.45) is -0.303. The van der Waals surface area contributed by atoms with Gasteiger partial charge in [0.25, 0.3) is 5.56 Å². The second kappa shape index (κ2) is 22.8. The monoisotopic (exact) mass is 1050 g/mol. The van der Waals surface area contributed by atoms with E-state index >= 15 is 4.39 Å². The van der Waals surface area contributed by atoms with Crippen molar-refractivity contribution in [1.82, 2.24) is 35.7 Å². The number of pyridine rings is 2. The number of nitrogens with one attached hydrogen (secondary N) is 5. The third kappa shape index (κ3) is 11.2. The number of amides is 7. The van der Waals surface area contributed by atoms with Crippen LogP contribution in [0.2, 0.25) is 0 Å². The number of ether oxygens (including phenoxy) is 3. The molecule has 6 atom stereocenters. The number of fused-ring (bicyclic) bond motifs is 5. The highest BCUT2D eigenvalue weighted by atomic mass is 19.1. The lowest BCUT2D eigenvalue weighted by Gasteiger charge is -2.31. The molecule has 7 amide bonds. The van der Waals surface area contributed by atoms with Gasteiger partial charge in [0, 0.05) is 60.1 Å². The summed E-state index contributed by atoms with van der Waals surface area (Å²) in [4.78, 5) is 111. The van der Waals surface area contributed by atoms with Crippen molar-refractivity contribution in [3.8, 4) is 11.4 Å². The molecule has 0 spiro atoms. The largest absolute Gasteiger partial charge is 0.458 e. The molecule has 406 valence electrons. The van der Waals surface area contributed by atoms with Crippen LogP contribution in [0.15, 0.2) is 41.2 Å². The molecule has 76 heavy (non-hydrogen) atoms. The van der Waals surface area contributed by atoms with E-state index < -0.39 is 77.1 Å². The number of rotatable bonds is 20. The number of aliphatic hydroxyl groups is 2. The highest BCUT2D eigenvalue weighted by molar-refractivity contribution is 5.99. The van der Waals surface area contributed by atoms with Crippen LogP contribution in [0.5, 0.6) is 0 Å². The molecular formula is C53H64FN9O13. The normalized spacial score (nSPS) is 20.0. The zero-order chi connectivity index (χ0) is 54.7. The van der Waals surface area contributed by atoms with Gasteiger partial charge in [-0.15, -0.1) is 0 Å². The van der Waals surface area contributed by atoms with E-state index in [-0.39, 0.29) is 101 Å². The van der Waals surface area contributed by atoms with Crippen LogP contribution >= 0.6 is 0 Å². The Hall–Kier alpha value is -7.50. The molecule has 2 unspecified atom stereocenters. The molecule has 8 rings (SSSR count). The minimum absolute atomic E-state index is 0.00197. The fraction of sp³-hybridized carbons (Fsp3) is 0.491. The molecule has 0 radical (unpaired) electrons. The first-order valence-corrected chi connectivity index (χ1v) is 25.5. The number of cyclic esters (lactones) is 1. The van der Waals surface area contributed by atoms with Gasteiger partial charge in [-0.25, -0.2) is 23.8 Å². The lowest BCUT2D eigenvalue weighted by Crippen LogP contribution is -2.54. The van der Waals surface area contributed by atoms with E-state index in [4.69, 9.17) is 24.9 Å². The zero-order valence-electron chi connectivity index (χ0n) is 43.0. The molecular weight excluding hydrogens is 990 g/mol. The summed E-state index contributed by atoms with van der Waals surface area (Å²) in [7, 11) is 0. The van der Waals surface area contributed by atoms with Gasteiger partial charge >= 0.3 is 18.1 Å². The topological polar surface area (TPSA) is 312 Å². The summed E-state index contributed by atoms with van der Waals surface area (Å²) in [6, 6.07) is 5.82. The molecule has 2 aromatic carbocycles. The molecule has 1 aliphatic carbocycles. The summed E-state index contributed by atoms with van der Waals surface area (Å²) in [5.41, 5.74) is 7.41. The van der Waals surface area contributed by atoms with E-state index in [9.17, 15) is 48.6 Å². The SMILES string of the molecule is CC[C@@]1(O)C(=O)OCc2c1cc1n(c2=O)Cc2c-1nc1cc(F)c(C)c3c1c2[C@@H](NC(=O)OCc1ccc(NC(=O)[C@H](CCCNC(N)=O)NC(=O)[C@@H](NC(=O)CCOCCN2C(=O)C(C)CC2O)C(C)C)cc1)CC3. The number of aromatic nitrogens is 2. The molecule has 23 heteroatoms. The standard InChI is InChI=1S/C53H64FN9O13/c1-6-53(73)34-21-39-45-32(23-63(39)49(69)33(34)25-75-50(53)70)43-36(14-13-31-28(5)35(54)22-38(58-45)42(31)43)60-52(72)76-24-29-9-11-30(12-10-29)57-46(66)37(8-7-16-56-51(55)71)59-47(67)44(26(2)3)61-40(64)15-18-74-19-17-62-41(65)20-27(4)48(62)68/h9-12,21-22,26-27,36-37,41,44,65,73H,6-8,13-20,23-25H2,1-5H3,(H,57,66)(H,59,67)(H,60,72)(H,61,64)(H3,55,56,71)/t27?,36-,37-,41?,44-,53-/m0/s1. The number of carbonyl (C=O) groups excluding carboxylic acids is 7. The van der Waals surface area contributed by atoms with Gasteiger partial charge in [0.15, 0.2) is 5.60 Å². The van der Waals surface area contributed by atoms with E-state index in [1.807, 2.05) is 0 Å². The summed E-state index contributed by atoms with van der Waals surface area (Å²) < 4.78 is 33.4. The second-order valence-electron chi connectivity index (χ2n) is 20.1. The van der Waals surface area contributed by atoms with Crippen molar-refractivity contribution in [2.75, 3.05) is 31.6 Å². The number of esters is 1. The number of alkyl carbamates (subject to hydrolysis) is 1. The van der Waals surface area contributed by atoms with Gasteiger partial charge in [-0.3, -0.25) is 24.0 Å². The number of aryl methyl sites for hydroxylation is 1. The van der Waals surface area contributed by atoms with Crippen molar-refractivity contribution in [2.45, 2.75) is 129 Å². The molecule has 9 N–H and O–H groups in total. The first-order valence-electron chi connectivity index (χ1n) is 25.5. The number of benzene rings is 2. The number of likely N-dealkylation sites (tertiary alicyclic amines) is 1. The zero-order valence-corrected chi connectivity index (χ0v) is 43.0. The lowest BCUT2D eigenvalue weighted by molar-refractivity contribution is -0.172. The smallest absolute Gasteiger partial charge is 0.407 e. The highest BCUT2D eigenvalue weighted by Crippen LogP contribution is 2.46. The third-order valence-corrected chi connectivity index (χ3v) is 14.7. The van der Waals surface area contributed by atoms with E-state index in [1.165, 1.54) is 15.5 Å². The van der Waals surface area contributed by atoms with Crippen LogP contribution in [-0.2, 0) is 70.0 Å². The third-order valence-electron chi connectivity index (χ3n) is 14.7.